The first kappa shape index (κ1) is 15.6. The van der Waals surface area contributed by atoms with E-state index in [2.05, 4.69) is 31.1 Å². The molecule has 104 valence electrons. The highest BCUT2D eigenvalue weighted by molar-refractivity contribution is 7.99. The highest BCUT2D eigenvalue weighted by Crippen LogP contribution is 2.19. The molecular weight excluding hydrogens is 244 g/mol. The Morgan fingerprint density at radius 3 is 2.50 bits per heavy atom. The normalized spacial score (nSPS) is 13.2. The van der Waals surface area contributed by atoms with Crippen molar-refractivity contribution in [1.29, 1.82) is 0 Å². The van der Waals surface area contributed by atoms with E-state index in [1.807, 2.05) is 13.8 Å². The van der Waals surface area contributed by atoms with Crippen molar-refractivity contribution < 1.29 is 4.42 Å². The van der Waals surface area contributed by atoms with E-state index < -0.39 is 0 Å². The molecule has 0 radical (unpaired) electrons. The molecule has 0 aliphatic carbocycles. The fraction of sp³-hybridized carbons (Fsp3) is 0.786. The van der Waals surface area contributed by atoms with Crippen LogP contribution in [0.15, 0.2) is 9.64 Å². The number of nitrogens with one attached hydrogen (secondary N) is 1. The molecule has 18 heavy (non-hydrogen) atoms. The monoisotopic (exact) mass is 270 g/mol. The van der Waals surface area contributed by atoms with Crippen molar-refractivity contribution in [2.75, 3.05) is 12.3 Å². The summed E-state index contributed by atoms with van der Waals surface area (Å²) in [5.41, 5.74) is 0.996. The average molecular weight is 270 g/mol. The van der Waals surface area contributed by atoms with Gasteiger partial charge >= 0.3 is 0 Å². The molecule has 0 aliphatic heterocycles. The van der Waals surface area contributed by atoms with Crippen LogP contribution in [-0.2, 0) is 0 Å². The zero-order valence-corrected chi connectivity index (χ0v) is 13.1. The summed E-state index contributed by atoms with van der Waals surface area (Å²) in [6.07, 6.45) is 2.54. The number of oxazole rings is 1. The van der Waals surface area contributed by atoms with Gasteiger partial charge in [0.2, 0.25) is 0 Å². The lowest BCUT2D eigenvalue weighted by molar-refractivity contribution is 0.430. The molecule has 1 aromatic rings. The maximum absolute atomic E-state index is 5.52. The lowest BCUT2D eigenvalue weighted by atomic mass is 10.0. The number of nitrogens with zero attached hydrogens (tertiary/aromatic N) is 1. The lowest BCUT2D eigenvalue weighted by Gasteiger charge is -2.14. The molecule has 0 saturated carbocycles. The standard InChI is InChI=1S/C14H26N2OS/c1-10(2)6-7-11(3)15-8-9-18-14-16-12(4)13(5)17-14/h10-11,15H,6-9H2,1-5H3. The molecule has 1 rings (SSSR count). The van der Waals surface area contributed by atoms with Crippen LogP contribution in [0.3, 0.4) is 0 Å². The molecular formula is C14H26N2OS. The summed E-state index contributed by atoms with van der Waals surface area (Å²) in [6.45, 7) is 11.7. The van der Waals surface area contributed by atoms with Crippen molar-refractivity contribution in [3.8, 4) is 0 Å². The Morgan fingerprint density at radius 2 is 1.94 bits per heavy atom. The number of rotatable bonds is 8. The lowest BCUT2D eigenvalue weighted by Crippen LogP contribution is -2.28. The van der Waals surface area contributed by atoms with Crippen molar-refractivity contribution in [3.63, 3.8) is 0 Å². The molecule has 0 bridgehead atoms. The Kier molecular flexibility index (Phi) is 6.79. The summed E-state index contributed by atoms with van der Waals surface area (Å²) in [7, 11) is 0. The van der Waals surface area contributed by atoms with Gasteiger partial charge in [0.15, 0.2) is 0 Å². The Bertz CT molecular complexity index is 330. The first-order valence-corrected chi connectivity index (χ1v) is 7.77. The molecule has 1 heterocycles. The van der Waals surface area contributed by atoms with E-state index in [1.54, 1.807) is 11.8 Å². The van der Waals surface area contributed by atoms with Crippen LogP contribution in [-0.4, -0.2) is 23.3 Å². The smallest absolute Gasteiger partial charge is 0.256 e. The topological polar surface area (TPSA) is 38.1 Å². The predicted molar refractivity (Wildman–Crippen MR) is 78.2 cm³/mol. The van der Waals surface area contributed by atoms with Crippen LogP contribution >= 0.6 is 11.8 Å². The number of thioether (sulfide) groups is 1. The predicted octanol–water partition coefficient (Wildman–Crippen LogP) is 3.80. The molecule has 0 aliphatic rings. The van der Waals surface area contributed by atoms with Crippen molar-refractivity contribution in [2.24, 2.45) is 5.92 Å². The van der Waals surface area contributed by atoms with E-state index in [0.717, 1.165) is 34.9 Å². The highest BCUT2D eigenvalue weighted by atomic mass is 32.2. The van der Waals surface area contributed by atoms with Crippen LogP contribution in [0.5, 0.6) is 0 Å². The second-order valence-electron chi connectivity index (χ2n) is 5.30. The number of aryl methyl sites for hydroxylation is 2. The Balaban J connectivity index is 2.11. The fourth-order valence-corrected chi connectivity index (χ4v) is 2.41. The highest BCUT2D eigenvalue weighted by Gasteiger charge is 2.06. The van der Waals surface area contributed by atoms with Gasteiger partial charge in [-0.1, -0.05) is 25.6 Å². The van der Waals surface area contributed by atoms with Crippen LogP contribution in [0.4, 0.5) is 0 Å². The fourth-order valence-electron chi connectivity index (χ4n) is 1.63. The Morgan fingerprint density at radius 1 is 1.22 bits per heavy atom. The second kappa shape index (κ2) is 7.85. The first-order chi connectivity index (χ1) is 8.49. The van der Waals surface area contributed by atoms with Gasteiger partial charge < -0.3 is 9.73 Å². The van der Waals surface area contributed by atoms with Crippen LogP contribution < -0.4 is 5.32 Å². The molecule has 1 unspecified atom stereocenters. The second-order valence-corrected chi connectivity index (χ2v) is 6.34. The van der Waals surface area contributed by atoms with Gasteiger partial charge in [0, 0.05) is 18.3 Å². The average Bonchev–Trinajstić information content (AvgIpc) is 2.62. The Labute approximate surface area is 115 Å². The zero-order valence-electron chi connectivity index (χ0n) is 12.2. The molecule has 0 saturated heterocycles. The third-order valence-electron chi connectivity index (χ3n) is 3.01. The van der Waals surface area contributed by atoms with Crippen molar-refractivity contribution in [3.05, 3.63) is 11.5 Å². The summed E-state index contributed by atoms with van der Waals surface area (Å²) < 4.78 is 5.52. The van der Waals surface area contributed by atoms with Gasteiger partial charge in [0.1, 0.15) is 5.76 Å². The van der Waals surface area contributed by atoms with Gasteiger partial charge in [-0.2, -0.15) is 0 Å². The minimum absolute atomic E-state index is 0.598. The summed E-state index contributed by atoms with van der Waals surface area (Å²) in [5.74, 6) is 2.73. The van der Waals surface area contributed by atoms with E-state index in [9.17, 15) is 0 Å². The van der Waals surface area contributed by atoms with E-state index >= 15 is 0 Å². The van der Waals surface area contributed by atoms with Gasteiger partial charge in [-0.05, 0) is 39.5 Å². The summed E-state index contributed by atoms with van der Waals surface area (Å²) in [4.78, 5) is 4.35. The molecule has 0 spiro atoms. The summed E-state index contributed by atoms with van der Waals surface area (Å²) >= 11 is 1.68. The Hall–Kier alpha value is -0.480. The van der Waals surface area contributed by atoms with Crippen LogP contribution in [0.1, 0.15) is 45.1 Å². The van der Waals surface area contributed by atoms with E-state index in [0.29, 0.717) is 6.04 Å². The van der Waals surface area contributed by atoms with Gasteiger partial charge in [0.25, 0.3) is 5.22 Å². The van der Waals surface area contributed by atoms with E-state index in [-0.39, 0.29) is 0 Å². The number of hydrogen-bond donors (Lipinski definition) is 1. The molecule has 4 heteroatoms. The first-order valence-electron chi connectivity index (χ1n) is 6.79. The summed E-state index contributed by atoms with van der Waals surface area (Å²) in [5, 5.41) is 4.33. The maximum atomic E-state index is 5.52. The number of hydrogen-bond acceptors (Lipinski definition) is 4. The SMILES string of the molecule is Cc1nc(SCCNC(C)CCC(C)C)oc1C. The van der Waals surface area contributed by atoms with E-state index in [1.165, 1.54) is 12.8 Å². The molecule has 0 fully saturated rings. The van der Waals surface area contributed by atoms with Gasteiger partial charge in [-0.3, -0.25) is 0 Å². The zero-order chi connectivity index (χ0) is 13.5. The molecule has 1 aromatic heterocycles. The minimum Gasteiger partial charge on any atom is -0.437 e. The minimum atomic E-state index is 0.598. The van der Waals surface area contributed by atoms with Crippen LogP contribution in [0, 0.1) is 19.8 Å². The van der Waals surface area contributed by atoms with Crippen molar-refractivity contribution in [2.45, 2.75) is 58.7 Å². The van der Waals surface area contributed by atoms with Gasteiger partial charge in [-0.25, -0.2) is 4.98 Å². The van der Waals surface area contributed by atoms with Crippen molar-refractivity contribution in [1.82, 2.24) is 10.3 Å². The van der Waals surface area contributed by atoms with Crippen LogP contribution in [0.25, 0.3) is 0 Å². The van der Waals surface area contributed by atoms with E-state index in [4.69, 9.17) is 4.42 Å². The molecule has 1 atom stereocenters. The largest absolute Gasteiger partial charge is 0.437 e. The maximum Gasteiger partial charge on any atom is 0.256 e. The number of aromatic nitrogens is 1. The molecule has 3 nitrogen and oxygen atoms in total. The quantitative estimate of drug-likeness (QED) is 0.576. The van der Waals surface area contributed by atoms with Gasteiger partial charge in [0.05, 0.1) is 5.69 Å². The third kappa shape index (κ3) is 5.91. The van der Waals surface area contributed by atoms with Crippen LogP contribution in [0.2, 0.25) is 0 Å². The molecule has 0 amide bonds. The van der Waals surface area contributed by atoms with Crippen molar-refractivity contribution >= 4 is 11.8 Å². The van der Waals surface area contributed by atoms with Gasteiger partial charge in [-0.15, -0.1) is 0 Å². The molecule has 1 N–H and O–H groups in total. The third-order valence-corrected chi connectivity index (χ3v) is 3.84. The molecule has 0 aromatic carbocycles. The summed E-state index contributed by atoms with van der Waals surface area (Å²) in [6, 6.07) is 0.598.